The van der Waals surface area contributed by atoms with Crippen molar-refractivity contribution in [3.8, 4) is 5.75 Å². The monoisotopic (exact) mass is 488 g/mol. The van der Waals surface area contributed by atoms with Gasteiger partial charge in [-0.2, -0.15) is 0 Å². The Morgan fingerprint density at radius 3 is 2.00 bits per heavy atom. The molecule has 7 heteroatoms. The van der Waals surface area contributed by atoms with Gasteiger partial charge in [0.05, 0.1) is 19.1 Å². The Labute approximate surface area is 210 Å². The molecule has 0 saturated carbocycles. The van der Waals surface area contributed by atoms with Crippen molar-refractivity contribution >= 4 is 17.8 Å². The van der Waals surface area contributed by atoms with Crippen molar-refractivity contribution in [2.24, 2.45) is 5.92 Å². The number of esters is 1. The molecule has 0 aromatic heterocycles. The lowest BCUT2D eigenvalue weighted by Gasteiger charge is -2.32. The van der Waals surface area contributed by atoms with Gasteiger partial charge in [0.2, 0.25) is 11.8 Å². The number of phenols is 1. The first-order valence-electron chi connectivity index (χ1n) is 12.7. The lowest BCUT2D eigenvalue weighted by atomic mass is 9.78. The van der Waals surface area contributed by atoms with Crippen LogP contribution >= 0.6 is 0 Å². The molecule has 1 aromatic carbocycles. The molecular formula is C28H44N2O5. The number of aromatic hydroxyl groups is 1. The number of likely N-dealkylation sites (N-methyl/N-ethyl adjacent to an activating group) is 1. The fourth-order valence-corrected chi connectivity index (χ4v) is 4.44. The van der Waals surface area contributed by atoms with Crippen molar-refractivity contribution in [3.05, 3.63) is 28.8 Å². The summed E-state index contributed by atoms with van der Waals surface area (Å²) in [5, 5.41) is 10.9. The number of carbonyl (C=O) groups is 3. The Kier molecular flexibility index (Phi) is 9.37. The summed E-state index contributed by atoms with van der Waals surface area (Å²) >= 11 is 0. The summed E-state index contributed by atoms with van der Waals surface area (Å²) in [7, 11) is 1.66. The summed E-state index contributed by atoms with van der Waals surface area (Å²) in [6.07, 6.45) is 2.01. The van der Waals surface area contributed by atoms with E-state index in [0.717, 1.165) is 16.7 Å². The van der Waals surface area contributed by atoms with Gasteiger partial charge in [0.15, 0.2) is 0 Å². The van der Waals surface area contributed by atoms with Gasteiger partial charge in [-0.25, -0.2) is 0 Å². The van der Waals surface area contributed by atoms with Gasteiger partial charge in [-0.3, -0.25) is 14.4 Å². The first-order valence-corrected chi connectivity index (χ1v) is 12.7. The van der Waals surface area contributed by atoms with Crippen LogP contribution in [0.4, 0.5) is 0 Å². The topological polar surface area (TPSA) is 87.2 Å². The van der Waals surface area contributed by atoms with Gasteiger partial charge in [-0.05, 0) is 53.7 Å². The molecule has 7 nitrogen and oxygen atoms in total. The highest BCUT2D eigenvalue weighted by molar-refractivity contribution is 5.85. The average Bonchev–Trinajstić information content (AvgIpc) is 2.76. The van der Waals surface area contributed by atoms with Crippen molar-refractivity contribution in [1.82, 2.24) is 9.80 Å². The molecule has 0 bridgehead atoms. The molecule has 1 aliphatic heterocycles. The van der Waals surface area contributed by atoms with E-state index in [-0.39, 0.29) is 47.5 Å². The first-order chi connectivity index (χ1) is 16.1. The first kappa shape index (κ1) is 28.7. The molecule has 1 heterocycles. The maximum Gasteiger partial charge on any atom is 0.309 e. The molecule has 2 rings (SSSR count). The van der Waals surface area contributed by atoms with Crippen molar-refractivity contribution in [2.45, 2.75) is 85.0 Å². The Morgan fingerprint density at radius 1 is 1.03 bits per heavy atom. The van der Waals surface area contributed by atoms with Crippen LogP contribution in [0.3, 0.4) is 0 Å². The number of rotatable bonds is 7. The third-order valence-electron chi connectivity index (χ3n) is 6.68. The summed E-state index contributed by atoms with van der Waals surface area (Å²) in [6, 6.07) is 3.99. The minimum absolute atomic E-state index is 0.0268. The number of benzene rings is 1. The Hall–Kier alpha value is -2.57. The SMILES string of the molecule is CCOC(=O)C1CCN(C(=O)CN(C)C(=O)CCc2cc(C(C)(C)C)c(O)c(C(C)(C)C)c2)CC1. The normalized spacial score (nSPS) is 15.1. The predicted molar refractivity (Wildman–Crippen MR) is 137 cm³/mol. The number of phenolic OH excluding ortho intramolecular Hbond substituents is 1. The van der Waals surface area contributed by atoms with Gasteiger partial charge in [0.25, 0.3) is 0 Å². The summed E-state index contributed by atoms with van der Waals surface area (Å²) in [5.74, 6) is -0.209. The lowest BCUT2D eigenvalue weighted by molar-refractivity contribution is -0.151. The van der Waals surface area contributed by atoms with Crippen LogP contribution in [0.15, 0.2) is 12.1 Å². The van der Waals surface area contributed by atoms with E-state index in [2.05, 4.69) is 41.5 Å². The van der Waals surface area contributed by atoms with Crippen LogP contribution in [0.5, 0.6) is 5.75 Å². The minimum Gasteiger partial charge on any atom is -0.507 e. The van der Waals surface area contributed by atoms with Crippen LogP contribution in [-0.2, 0) is 36.4 Å². The van der Waals surface area contributed by atoms with Gasteiger partial charge < -0.3 is 19.6 Å². The highest BCUT2D eigenvalue weighted by Crippen LogP contribution is 2.40. The van der Waals surface area contributed by atoms with E-state index >= 15 is 0 Å². The van der Waals surface area contributed by atoms with E-state index in [4.69, 9.17) is 4.74 Å². The Bertz CT molecular complexity index is 883. The average molecular weight is 489 g/mol. The number of nitrogens with zero attached hydrogens (tertiary/aromatic N) is 2. The van der Waals surface area contributed by atoms with Crippen molar-refractivity contribution in [1.29, 1.82) is 0 Å². The van der Waals surface area contributed by atoms with E-state index in [1.807, 2.05) is 12.1 Å². The van der Waals surface area contributed by atoms with Gasteiger partial charge >= 0.3 is 5.97 Å². The van der Waals surface area contributed by atoms with Crippen LogP contribution in [0.2, 0.25) is 0 Å². The molecule has 1 aliphatic rings. The van der Waals surface area contributed by atoms with E-state index in [9.17, 15) is 19.5 Å². The Balaban J connectivity index is 1.98. The van der Waals surface area contributed by atoms with E-state index in [1.54, 1.807) is 18.9 Å². The maximum absolute atomic E-state index is 12.8. The third-order valence-corrected chi connectivity index (χ3v) is 6.68. The number of likely N-dealkylation sites (tertiary alicyclic amines) is 1. The largest absolute Gasteiger partial charge is 0.507 e. The second kappa shape index (κ2) is 11.4. The zero-order valence-corrected chi connectivity index (χ0v) is 22.9. The molecule has 2 amide bonds. The quantitative estimate of drug-likeness (QED) is 0.582. The molecule has 1 aromatic rings. The molecule has 0 spiro atoms. The number of piperidine rings is 1. The lowest BCUT2D eigenvalue weighted by Crippen LogP contribution is -2.45. The van der Waals surface area contributed by atoms with E-state index in [0.29, 0.717) is 44.7 Å². The Morgan fingerprint density at radius 2 is 1.54 bits per heavy atom. The number of hydrogen-bond acceptors (Lipinski definition) is 5. The van der Waals surface area contributed by atoms with Crippen molar-refractivity contribution in [3.63, 3.8) is 0 Å². The van der Waals surface area contributed by atoms with Crippen LogP contribution in [-0.4, -0.2) is 66.0 Å². The fraction of sp³-hybridized carbons (Fsp3) is 0.679. The minimum atomic E-state index is -0.228. The number of amides is 2. The zero-order chi connectivity index (χ0) is 26.6. The summed E-state index contributed by atoms with van der Waals surface area (Å²) < 4.78 is 5.09. The summed E-state index contributed by atoms with van der Waals surface area (Å²) in [4.78, 5) is 40.7. The molecular weight excluding hydrogens is 444 g/mol. The summed E-state index contributed by atoms with van der Waals surface area (Å²) in [5.41, 5.74) is 2.30. The molecule has 0 radical (unpaired) electrons. The van der Waals surface area contributed by atoms with Gasteiger partial charge in [0.1, 0.15) is 5.75 Å². The maximum atomic E-state index is 12.8. The van der Waals surface area contributed by atoms with Crippen LogP contribution < -0.4 is 0 Å². The molecule has 1 saturated heterocycles. The standard InChI is InChI=1S/C28H44N2O5/c1-9-35-26(34)20-12-14-30(15-13-20)24(32)18-29(8)23(31)11-10-19-16-21(27(2,3)4)25(33)22(17-19)28(5,6)7/h16-17,20,33H,9-15,18H2,1-8H3. The predicted octanol–water partition coefficient (Wildman–Crippen LogP) is 4.18. The van der Waals surface area contributed by atoms with Crippen LogP contribution in [0.1, 0.15) is 84.4 Å². The van der Waals surface area contributed by atoms with Crippen LogP contribution in [0.25, 0.3) is 0 Å². The van der Waals surface area contributed by atoms with Crippen LogP contribution in [0, 0.1) is 5.92 Å². The molecule has 0 atom stereocenters. The van der Waals surface area contributed by atoms with E-state index < -0.39 is 0 Å². The number of carbonyl (C=O) groups excluding carboxylic acids is 3. The number of hydrogen-bond donors (Lipinski definition) is 1. The highest BCUT2D eigenvalue weighted by Gasteiger charge is 2.29. The van der Waals surface area contributed by atoms with Crippen molar-refractivity contribution in [2.75, 3.05) is 33.3 Å². The van der Waals surface area contributed by atoms with E-state index in [1.165, 1.54) is 4.90 Å². The summed E-state index contributed by atoms with van der Waals surface area (Å²) in [6.45, 7) is 15.6. The van der Waals surface area contributed by atoms with Gasteiger partial charge in [0, 0.05) is 26.6 Å². The smallest absolute Gasteiger partial charge is 0.309 e. The van der Waals surface area contributed by atoms with Gasteiger partial charge in [-0.15, -0.1) is 0 Å². The van der Waals surface area contributed by atoms with Crippen molar-refractivity contribution < 1.29 is 24.2 Å². The molecule has 1 N–H and O–H groups in total. The molecule has 35 heavy (non-hydrogen) atoms. The highest BCUT2D eigenvalue weighted by atomic mass is 16.5. The zero-order valence-electron chi connectivity index (χ0n) is 22.9. The number of aryl methyl sites for hydroxylation is 1. The third kappa shape index (κ3) is 7.71. The molecule has 0 aliphatic carbocycles. The molecule has 0 unspecified atom stereocenters. The second-order valence-electron chi connectivity index (χ2n) is 11.7. The number of ether oxygens (including phenoxy) is 1. The second-order valence-corrected chi connectivity index (χ2v) is 11.7. The molecule has 1 fully saturated rings. The van der Waals surface area contributed by atoms with Gasteiger partial charge in [-0.1, -0.05) is 53.7 Å². The fourth-order valence-electron chi connectivity index (χ4n) is 4.44. The molecule has 196 valence electrons.